The molecule has 7 heteroatoms. The Kier molecular flexibility index (Phi) is 3.61. The predicted octanol–water partition coefficient (Wildman–Crippen LogP) is 1.25. The second-order valence-corrected chi connectivity index (χ2v) is 4.70. The smallest absolute Gasteiger partial charge is 0.403 e. The number of hydrogen-bond acceptors (Lipinski definition) is 6. The third-order valence-corrected chi connectivity index (χ3v) is 2.81. The van der Waals surface area contributed by atoms with Crippen molar-refractivity contribution in [3.8, 4) is 0 Å². The molecule has 0 aromatic carbocycles. The summed E-state index contributed by atoms with van der Waals surface area (Å²) in [6.45, 7) is 3.63. The molecule has 0 aromatic rings. The summed E-state index contributed by atoms with van der Waals surface area (Å²) >= 11 is 5.11. The summed E-state index contributed by atoms with van der Waals surface area (Å²) in [6.07, 6.45) is -1.62. The van der Waals surface area contributed by atoms with Crippen LogP contribution in [0.2, 0.25) is 0 Å². The molecule has 2 saturated heterocycles. The highest BCUT2D eigenvalue weighted by atomic mass is 35.5. The standard InChI is InChI=1S/C10H15ClO6/c1-10(2)16-6-5(4-14-9(11)12)15-8(13-3)7(6)17-10/h5-8H,4H2,1-3H3/t5-,6?,7?,8?/m1/s1. The fourth-order valence-electron chi connectivity index (χ4n) is 2.11. The minimum Gasteiger partial charge on any atom is -0.451 e. The molecule has 2 aliphatic heterocycles. The average molecular weight is 267 g/mol. The lowest BCUT2D eigenvalue weighted by Crippen LogP contribution is -2.33. The first kappa shape index (κ1) is 13.0. The molecule has 0 aliphatic carbocycles. The first-order valence-electron chi connectivity index (χ1n) is 5.29. The zero-order valence-electron chi connectivity index (χ0n) is 9.84. The number of hydrogen-bond donors (Lipinski definition) is 0. The quantitative estimate of drug-likeness (QED) is 0.717. The maximum atomic E-state index is 10.6. The lowest BCUT2D eigenvalue weighted by atomic mass is 10.1. The van der Waals surface area contributed by atoms with Gasteiger partial charge in [0, 0.05) is 18.7 Å². The van der Waals surface area contributed by atoms with Crippen LogP contribution in [0.5, 0.6) is 0 Å². The van der Waals surface area contributed by atoms with Gasteiger partial charge in [-0.1, -0.05) is 0 Å². The van der Waals surface area contributed by atoms with Crippen LogP contribution < -0.4 is 0 Å². The minimum absolute atomic E-state index is 0.0167. The van der Waals surface area contributed by atoms with Crippen LogP contribution in [0.25, 0.3) is 0 Å². The number of ether oxygens (including phenoxy) is 5. The van der Waals surface area contributed by atoms with Crippen molar-refractivity contribution in [3.05, 3.63) is 0 Å². The lowest BCUT2D eigenvalue weighted by Gasteiger charge is -2.23. The Morgan fingerprint density at radius 1 is 1.35 bits per heavy atom. The van der Waals surface area contributed by atoms with Crippen molar-refractivity contribution in [2.45, 2.75) is 44.2 Å². The molecule has 98 valence electrons. The fraction of sp³-hybridized carbons (Fsp3) is 0.900. The zero-order chi connectivity index (χ0) is 12.6. The molecule has 3 unspecified atom stereocenters. The first-order valence-corrected chi connectivity index (χ1v) is 5.67. The van der Waals surface area contributed by atoms with Crippen molar-refractivity contribution in [2.24, 2.45) is 0 Å². The van der Waals surface area contributed by atoms with E-state index in [-0.39, 0.29) is 18.8 Å². The van der Waals surface area contributed by atoms with Crippen molar-refractivity contribution in [1.82, 2.24) is 0 Å². The zero-order valence-corrected chi connectivity index (χ0v) is 10.6. The molecule has 2 fully saturated rings. The molecule has 0 amide bonds. The largest absolute Gasteiger partial charge is 0.451 e. The van der Waals surface area contributed by atoms with Crippen LogP contribution in [0, 0.1) is 0 Å². The highest BCUT2D eigenvalue weighted by Gasteiger charge is 2.55. The van der Waals surface area contributed by atoms with Crippen molar-refractivity contribution >= 4 is 17.0 Å². The molecule has 6 nitrogen and oxygen atoms in total. The van der Waals surface area contributed by atoms with Crippen LogP contribution in [0.1, 0.15) is 13.8 Å². The molecule has 17 heavy (non-hydrogen) atoms. The predicted molar refractivity (Wildman–Crippen MR) is 56.7 cm³/mol. The number of carbonyl (C=O) groups excluding carboxylic acids is 1. The summed E-state index contributed by atoms with van der Waals surface area (Å²) in [5.41, 5.74) is -0.871. The number of rotatable bonds is 3. The van der Waals surface area contributed by atoms with Crippen LogP contribution in [-0.2, 0) is 23.7 Å². The van der Waals surface area contributed by atoms with Crippen molar-refractivity contribution < 1.29 is 28.5 Å². The van der Waals surface area contributed by atoms with Crippen LogP contribution in [0.4, 0.5) is 4.79 Å². The molecule has 2 heterocycles. The van der Waals surface area contributed by atoms with Gasteiger partial charge < -0.3 is 23.7 Å². The highest BCUT2D eigenvalue weighted by molar-refractivity contribution is 6.61. The van der Waals surface area contributed by atoms with Gasteiger partial charge >= 0.3 is 5.43 Å². The van der Waals surface area contributed by atoms with E-state index < -0.39 is 23.6 Å². The van der Waals surface area contributed by atoms with E-state index in [1.807, 2.05) is 13.8 Å². The van der Waals surface area contributed by atoms with E-state index in [4.69, 9.17) is 35.3 Å². The summed E-state index contributed by atoms with van der Waals surface area (Å²) < 4.78 is 26.7. The third kappa shape index (κ3) is 2.71. The van der Waals surface area contributed by atoms with E-state index >= 15 is 0 Å². The molecular formula is C10H15ClO6. The molecule has 0 N–H and O–H groups in total. The number of carbonyl (C=O) groups is 1. The molecule has 0 saturated carbocycles. The van der Waals surface area contributed by atoms with Gasteiger partial charge in [-0.2, -0.15) is 0 Å². The molecule has 0 aromatic heterocycles. The van der Waals surface area contributed by atoms with Crippen LogP contribution >= 0.6 is 11.6 Å². The number of methoxy groups -OCH3 is 1. The van der Waals surface area contributed by atoms with E-state index in [1.165, 1.54) is 7.11 Å². The van der Waals surface area contributed by atoms with Gasteiger partial charge in [-0.25, -0.2) is 4.79 Å². The fourth-order valence-corrected chi connectivity index (χ4v) is 2.18. The molecule has 0 spiro atoms. The van der Waals surface area contributed by atoms with Gasteiger partial charge in [-0.3, -0.25) is 0 Å². The number of halogens is 1. The van der Waals surface area contributed by atoms with E-state index in [9.17, 15) is 4.79 Å². The van der Waals surface area contributed by atoms with E-state index in [2.05, 4.69) is 0 Å². The summed E-state index contributed by atoms with van der Waals surface area (Å²) in [7, 11) is 1.52. The highest BCUT2D eigenvalue weighted by Crippen LogP contribution is 2.38. The summed E-state index contributed by atoms with van der Waals surface area (Å²) in [4.78, 5) is 10.6. The van der Waals surface area contributed by atoms with E-state index in [0.717, 1.165) is 0 Å². The molecule has 0 radical (unpaired) electrons. The Hall–Kier alpha value is -0.400. The molecular weight excluding hydrogens is 252 g/mol. The molecule has 2 aliphatic rings. The number of fused-ring (bicyclic) bond motifs is 1. The topological polar surface area (TPSA) is 63.2 Å². The van der Waals surface area contributed by atoms with Crippen LogP contribution in [0.15, 0.2) is 0 Å². The maximum Gasteiger partial charge on any atom is 0.403 e. The maximum absolute atomic E-state index is 10.6. The van der Waals surface area contributed by atoms with Gasteiger partial charge in [0.25, 0.3) is 0 Å². The van der Waals surface area contributed by atoms with Gasteiger partial charge in [0.15, 0.2) is 12.1 Å². The van der Waals surface area contributed by atoms with Gasteiger partial charge in [-0.15, -0.1) is 0 Å². The Balaban J connectivity index is 2.02. The van der Waals surface area contributed by atoms with E-state index in [0.29, 0.717) is 0 Å². The lowest BCUT2D eigenvalue weighted by molar-refractivity contribution is -0.229. The van der Waals surface area contributed by atoms with Gasteiger partial charge in [0.1, 0.15) is 24.9 Å². The Morgan fingerprint density at radius 3 is 2.59 bits per heavy atom. The molecule has 2 rings (SSSR count). The Labute approximate surface area is 104 Å². The Morgan fingerprint density at radius 2 is 2.00 bits per heavy atom. The first-order chi connectivity index (χ1) is 7.93. The van der Waals surface area contributed by atoms with Crippen molar-refractivity contribution in [3.63, 3.8) is 0 Å². The summed E-state index contributed by atoms with van der Waals surface area (Å²) in [5, 5.41) is 0. The SMILES string of the molecule is COC1O[C@H](COC(=O)Cl)C2OC(C)(C)OC12. The second kappa shape index (κ2) is 4.70. The van der Waals surface area contributed by atoms with Crippen LogP contribution in [0.3, 0.4) is 0 Å². The van der Waals surface area contributed by atoms with Crippen molar-refractivity contribution in [1.29, 1.82) is 0 Å². The monoisotopic (exact) mass is 266 g/mol. The van der Waals surface area contributed by atoms with Crippen LogP contribution in [-0.4, -0.2) is 49.5 Å². The van der Waals surface area contributed by atoms with Gasteiger partial charge in [0.2, 0.25) is 0 Å². The van der Waals surface area contributed by atoms with Crippen molar-refractivity contribution in [2.75, 3.05) is 13.7 Å². The minimum atomic E-state index is -0.871. The van der Waals surface area contributed by atoms with Gasteiger partial charge in [-0.05, 0) is 13.8 Å². The Bertz CT molecular complexity index is 307. The summed E-state index contributed by atoms with van der Waals surface area (Å²) in [6, 6.07) is 0. The second-order valence-electron chi connectivity index (χ2n) is 4.39. The summed E-state index contributed by atoms with van der Waals surface area (Å²) in [5.74, 6) is -0.695. The molecule has 0 bridgehead atoms. The average Bonchev–Trinajstić information content (AvgIpc) is 2.68. The van der Waals surface area contributed by atoms with Gasteiger partial charge in [0.05, 0.1) is 0 Å². The normalized spacial score (nSPS) is 39.1. The third-order valence-electron chi connectivity index (χ3n) is 2.70. The van der Waals surface area contributed by atoms with E-state index in [1.54, 1.807) is 0 Å². The molecule has 4 atom stereocenters.